The first-order valence-electron chi connectivity index (χ1n) is 13.9. The lowest BCUT2D eigenvalue weighted by atomic mass is 9.95. The van der Waals surface area contributed by atoms with Crippen molar-refractivity contribution in [1.29, 1.82) is 0 Å². The van der Waals surface area contributed by atoms with Crippen LogP contribution in [0.4, 0.5) is 5.69 Å². The number of ether oxygens (including phenoxy) is 2. The average Bonchev–Trinajstić information content (AvgIpc) is 3.34. The minimum absolute atomic E-state index is 0.241. The van der Waals surface area contributed by atoms with Gasteiger partial charge >= 0.3 is 0 Å². The van der Waals surface area contributed by atoms with E-state index in [-0.39, 0.29) is 11.5 Å². The number of carbonyl (C=O) groups excluding carboxylic acids is 1. The van der Waals surface area contributed by atoms with Gasteiger partial charge in [-0.3, -0.25) is 14.2 Å². The number of aromatic nitrogens is 1. The fraction of sp³-hybridized carbons (Fsp3) is 0.114. The predicted molar refractivity (Wildman–Crippen MR) is 174 cm³/mol. The third-order valence-electron chi connectivity index (χ3n) is 7.24. The lowest BCUT2D eigenvalue weighted by Crippen LogP contribution is -2.40. The zero-order chi connectivity index (χ0) is 30.6. The zero-order valence-electron chi connectivity index (χ0n) is 24.0. The maximum absolute atomic E-state index is 14.0. The van der Waals surface area contributed by atoms with Crippen molar-refractivity contribution in [3.63, 3.8) is 0 Å². The number of allylic oxidation sites excluding steroid dienone is 1. The van der Waals surface area contributed by atoms with Crippen LogP contribution in [0.5, 0.6) is 11.5 Å². The molecular weight excluding hydrogens is 594 g/mol. The van der Waals surface area contributed by atoms with Gasteiger partial charge in [0.25, 0.3) is 11.5 Å². The summed E-state index contributed by atoms with van der Waals surface area (Å²) in [5, 5.41) is 3.61. The van der Waals surface area contributed by atoms with E-state index >= 15 is 0 Å². The summed E-state index contributed by atoms with van der Waals surface area (Å²) in [6.45, 7) is 2.12. The Hall–Kier alpha value is -4.92. The number of methoxy groups -OCH3 is 1. The molecule has 4 aromatic carbocycles. The Bertz CT molecular complexity index is 2050. The summed E-state index contributed by atoms with van der Waals surface area (Å²) in [4.78, 5) is 33.0. The van der Waals surface area contributed by atoms with Crippen molar-refractivity contribution in [3.05, 3.63) is 156 Å². The molecule has 1 aliphatic rings. The van der Waals surface area contributed by atoms with E-state index in [4.69, 9.17) is 26.1 Å². The van der Waals surface area contributed by atoms with E-state index in [1.807, 2.05) is 109 Å². The van der Waals surface area contributed by atoms with Crippen LogP contribution in [0.25, 0.3) is 6.08 Å². The van der Waals surface area contributed by atoms with Crippen molar-refractivity contribution in [2.24, 2.45) is 4.99 Å². The third-order valence-corrected chi connectivity index (χ3v) is 8.59. The van der Waals surface area contributed by atoms with E-state index in [0.717, 1.165) is 16.7 Å². The molecule has 2 heterocycles. The number of hydrogen-bond donors (Lipinski definition) is 1. The molecule has 6 rings (SSSR count). The molecule has 0 radical (unpaired) electrons. The molecule has 1 N–H and O–H groups in total. The Morgan fingerprint density at radius 1 is 0.977 bits per heavy atom. The highest BCUT2D eigenvalue weighted by Crippen LogP contribution is 2.32. The van der Waals surface area contributed by atoms with Crippen LogP contribution in [0.1, 0.15) is 29.7 Å². The van der Waals surface area contributed by atoms with Crippen LogP contribution >= 0.6 is 22.9 Å². The zero-order valence-corrected chi connectivity index (χ0v) is 25.6. The standard InChI is InChI=1S/C35H28ClN3O4S/c1-22-31(33(40)38-26-11-4-3-5-12-26)32(24-15-17-27(42-2)18-16-24)39-34(41)30(44-35(39)37-22)20-23-9-8-13-28(19-23)43-21-25-10-6-7-14-29(25)36/h3-20,32H,21H2,1-2H3,(H,38,40)/b30-20+/t32-/m1/s1. The fourth-order valence-electron chi connectivity index (χ4n) is 5.06. The fourth-order valence-corrected chi connectivity index (χ4v) is 6.29. The summed E-state index contributed by atoms with van der Waals surface area (Å²) in [6, 6.07) is 31.0. The smallest absolute Gasteiger partial charge is 0.271 e. The summed E-state index contributed by atoms with van der Waals surface area (Å²) in [7, 11) is 1.59. The molecule has 0 saturated heterocycles. The number of nitrogens with one attached hydrogen (secondary N) is 1. The van der Waals surface area contributed by atoms with Crippen molar-refractivity contribution >= 4 is 40.6 Å². The van der Waals surface area contributed by atoms with Crippen LogP contribution in [-0.4, -0.2) is 17.6 Å². The van der Waals surface area contributed by atoms with Gasteiger partial charge in [0.2, 0.25) is 0 Å². The Morgan fingerprint density at radius 2 is 1.73 bits per heavy atom. The van der Waals surface area contributed by atoms with Gasteiger partial charge in [0.15, 0.2) is 4.80 Å². The van der Waals surface area contributed by atoms with Crippen molar-refractivity contribution in [3.8, 4) is 11.5 Å². The maximum atomic E-state index is 14.0. The van der Waals surface area contributed by atoms with E-state index in [1.54, 1.807) is 18.6 Å². The molecule has 1 atom stereocenters. The van der Waals surface area contributed by atoms with Gasteiger partial charge in [-0.2, -0.15) is 0 Å². The summed E-state index contributed by atoms with van der Waals surface area (Å²) in [6.07, 6.45) is 1.82. The van der Waals surface area contributed by atoms with Crippen LogP contribution in [0.15, 0.2) is 124 Å². The lowest BCUT2D eigenvalue weighted by Gasteiger charge is -2.25. The van der Waals surface area contributed by atoms with E-state index in [1.165, 1.54) is 11.3 Å². The number of benzene rings is 4. The summed E-state index contributed by atoms with van der Waals surface area (Å²) >= 11 is 7.56. The third kappa shape index (κ3) is 6.08. The molecule has 7 nitrogen and oxygen atoms in total. The van der Waals surface area contributed by atoms with Gasteiger partial charge in [0, 0.05) is 16.3 Å². The Balaban J connectivity index is 1.39. The normalized spacial score (nSPS) is 14.5. The molecule has 1 aliphatic heterocycles. The summed E-state index contributed by atoms with van der Waals surface area (Å²) in [5.74, 6) is 1.00. The molecule has 5 aromatic rings. The van der Waals surface area contributed by atoms with Crippen LogP contribution in [-0.2, 0) is 11.4 Å². The van der Waals surface area contributed by atoms with Gasteiger partial charge in [-0.25, -0.2) is 4.99 Å². The molecule has 44 heavy (non-hydrogen) atoms. The van der Waals surface area contributed by atoms with Gasteiger partial charge in [0.1, 0.15) is 18.1 Å². The highest BCUT2D eigenvalue weighted by atomic mass is 35.5. The van der Waals surface area contributed by atoms with Crippen molar-refractivity contribution in [1.82, 2.24) is 4.57 Å². The van der Waals surface area contributed by atoms with Crippen molar-refractivity contribution < 1.29 is 14.3 Å². The largest absolute Gasteiger partial charge is 0.497 e. The SMILES string of the molecule is COc1ccc([C@@H]2C(C(=O)Nc3ccccc3)=C(C)N=c3s/c(=C/c4cccc(OCc5ccccc5Cl)c4)c(=O)n32)cc1. The number of nitrogens with zero attached hydrogens (tertiary/aromatic N) is 2. The van der Waals surface area contributed by atoms with Gasteiger partial charge in [-0.1, -0.05) is 83.6 Å². The minimum Gasteiger partial charge on any atom is -0.497 e. The molecule has 1 aromatic heterocycles. The number of anilines is 1. The summed E-state index contributed by atoms with van der Waals surface area (Å²) in [5.41, 5.74) is 3.80. The predicted octanol–water partition coefficient (Wildman–Crippen LogP) is 6.11. The molecule has 1 amide bonds. The number of carbonyl (C=O) groups is 1. The van der Waals surface area contributed by atoms with Gasteiger partial charge in [-0.15, -0.1) is 0 Å². The highest BCUT2D eigenvalue weighted by Gasteiger charge is 2.32. The van der Waals surface area contributed by atoms with E-state index < -0.39 is 6.04 Å². The first-order chi connectivity index (χ1) is 21.4. The van der Waals surface area contributed by atoms with E-state index in [9.17, 15) is 9.59 Å². The number of rotatable bonds is 8. The Kier molecular flexibility index (Phi) is 8.45. The quantitative estimate of drug-likeness (QED) is 0.227. The Morgan fingerprint density at radius 3 is 2.48 bits per heavy atom. The molecule has 0 aliphatic carbocycles. The minimum atomic E-state index is -0.687. The molecule has 0 saturated carbocycles. The lowest BCUT2D eigenvalue weighted by molar-refractivity contribution is -0.113. The number of halogens is 1. The monoisotopic (exact) mass is 621 g/mol. The molecular formula is C35H28ClN3O4S. The average molecular weight is 622 g/mol. The topological polar surface area (TPSA) is 81.9 Å². The number of hydrogen-bond acceptors (Lipinski definition) is 6. The summed E-state index contributed by atoms with van der Waals surface area (Å²) < 4.78 is 13.4. The second-order valence-corrected chi connectivity index (χ2v) is 11.5. The number of fused-ring (bicyclic) bond motifs is 1. The number of amides is 1. The molecule has 220 valence electrons. The first kappa shape index (κ1) is 29.2. The van der Waals surface area contributed by atoms with Gasteiger partial charge in [-0.05, 0) is 66.6 Å². The Labute approximate surface area is 263 Å². The number of thiazole rings is 1. The number of para-hydroxylation sites is 1. The molecule has 9 heteroatoms. The van der Waals surface area contributed by atoms with Crippen molar-refractivity contribution in [2.75, 3.05) is 12.4 Å². The molecule has 0 spiro atoms. The second kappa shape index (κ2) is 12.8. The maximum Gasteiger partial charge on any atom is 0.271 e. The van der Waals surface area contributed by atoms with Crippen LogP contribution in [0.2, 0.25) is 5.02 Å². The molecule has 0 fully saturated rings. The van der Waals surface area contributed by atoms with Crippen LogP contribution in [0, 0.1) is 0 Å². The molecule has 0 bridgehead atoms. The molecule has 0 unspecified atom stereocenters. The van der Waals surface area contributed by atoms with E-state index in [2.05, 4.69) is 5.32 Å². The van der Waals surface area contributed by atoms with Gasteiger partial charge < -0.3 is 14.8 Å². The first-order valence-corrected chi connectivity index (χ1v) is 15.1. The van der Waals surface area contributed by atoms with Crippen molar-refractivity contribution in [2.45, 2.75) is 19.6 Å². The second-order valence-electron chi connectivity index (χ2n) is 10.1. The van der Waals surface area contributed by atoms with Crippen LogP contribution in [0.3, 0.4) is 0 Å². The highest BCUT2D eigenvalue weighted by molar-refractivity contribution is 7.07. The van der Waals surface area contributed by atoms with Gasteiger partial charge in [0.05, 0.1) is 29.0 Å². The van der Waals surface area contributed by atoms with E-state index in [0.29, 0.717) is 49.4 Å². The van der Waals surface area contributed by atoms with Crippen LogP contribution < -0.4 is 29.7 Å².